The molecule has 3 aliphatic heterocycles. The van der Waals surface area contributed by atoms with Crippen molar-refractivity contribution in [3.63, 3.8) is 0 Å². The fourth-order valence-corrected chi connectivity index (χ4v) is 7.23. The van der Waals surface area contributed by atoms with E-state index in [1.165, 1.54) is 25.4 Å². The summed E-state index contributed by atoms with van der Waals surface area (Å²) < 4.78 is 92.3. The third-order valence-electron chi connectivity index (χ3n) is 9.22. The molecule has 0 amide bonds. The minimum Gasteiger partial charge on any atom is -0.461 e. The summed E-state index contributed by atoms with van der Waals surface area (Å²) in [6, 6.07) is 0.456. The van der Waals surface area contributed by atoms with E-state index < -0.39 is 40.9 Å². The van der Waals surface area contributed by atoms with Gasteiger partial charge in [0.15, 0.2) is 5.82 Å². The Balaban J connectivity index is 0.00000190. The van der Waals surface area contributed by atoms with Gasteiger partial charge in [-0.25, -0.2) is 4.39 Å². The van der Waals surface area contributed by atoms with Crippen LogP contribution in [0.15, 0.2) is 30.6 Å². The zero-order valence-corrected chi connectivity index (χ0v) is 26.3. The topological polar surface area (TPSA) is 95.1 Å². The van der Waals surface area contributed by atoms with Crippen molar-refractivity contribution >= 4 is 27.6 Å². The maximum absolute atomic E-state index is 16.7. The fraction of sp³-hybridized carbons (Fsp3) is 0.500. The number of nitrogens with zero attached hydrogens (tertiary/aromatic N) is 6. The van der Waals surface area contributed by atoms with E-state index in [0.29, 0.717) is 18.6 Å². The van der Waals surface area contributed by atoms with E-state index >= 15 is 4.39 Å². The Morgan fingerprint density at radius 1 is 1.09 bits per heavy atom. The normalized spacial score (nSPS) is 19.5. The molecule has 6 heterocycles. The first-order chi connectivity index (χ1) is 22.5. The van der Waals surface area contributed by atoms with Crippen molar-refractivity contribution in [1.29, 1.82) is 0 Å². The Bertz CT molecular complexity index is 1790. The van der Waals surface area contributed by atoms with Crippen LogP contribution in [0.4, 0.5) is 32.2 Å². The number of alkyl halides is 3. The molecule has 3 aromatic heterocycles. The highest BCUT2D eigenvalue weighted by molar-refractivity contribution is 5.99. The van der Waals surface area contributed by atoms with Gasteiger partial charge in [-0.2, -0.15) is 37.0 Å². The lowest BCUT2D eigenvalue weighted by Crippen LogP contribution is -2.50. The van der Waals surface area contributed by atoms with Gasteiger partial charge < -0.3 is 15.0 Å². The minimum atomic E-state index is -4.82. The van der Waals surface area contributed by atoms with Crippen molar-refractivity contribution < 1.29 is 31.1 Å². The van der Waals surface area contributed by atoms with E-state index in [4.69, 9.17) is 4.74 Å². The molecule has 0 aliphatic carbocycles. The second-order valence-corrected chi connectivity index (χ2v) is 12.0. The monoisotopic (exact) mass is 662 g/mol. The number of aromatic amines is 1. The van der Waals surface area contributed by atoms with Crippen LogP contribution in [0.5, 0.6) is 6.01 Å². The number of fused-ring (bicyclic) bond motifs is 3. The SMILES string of the molecule is CC.Cc1cc2[nH]ncc2c(-c2ncc3c(N4CCNC(C=C(F)F)C4)nc(OCC45CCCN4CCC5)nc3c2F)c1C(F)(F)F. The number of benzene rings is 1. The molecule has 0 bridgehead atoms. The average molecular weight is 663 g/mol. The molecule has 47 heavy (non-hydrogen) atoms. The maximum atomic E-state index is 16.7. The highest BCUT2D eigenvalue weighted by atomic mass is 19.4. The first-order valence-electron chi connectivity index (χ1n) is 15.8. The van der Waals surface area contributed by atoms with E-state index in [-0.39, 0.29) is 52.4 Å². The Morgan fingerprint density at radius 3 is 2.53 bits per heavy atom. The van der Waals surface area contributed by atoms with E-state index in [9.17, 15) is 22.0 Å². The molecule has 3 saturated heterocycles. The second-order valence-electron chi connectivity index (χ2n) is 12.0. The fourth-order valence-electron chi connectivity index (χ4n) is 7.23. The number of hydrogen-bond acceptors (Lipinski definition) is 8. The average Bonchev–Trinajstić information content (AvgIpc) is 3.76. The summed E-state index contributed by atoms with van der Waals surface area (Å²) in [5.74, 6) is -0.879. The van der Waals surface area contributed by atoms with Gasteiger partial charge in [0.2, 0.25) is 0 Å². The van der Waals surface area contributed by atoms with Crippen molar-refractivity contribution in [2.45, 2.75) is 64.2 Å². The molecule has 0 saturated carbocycles. The Morgan fingerprint density at radius 2 is 1.83 bits per heavy atom. The second kappa shape index (κ2) is 12.9. The predicted octanol–water partition coefficient (Wildman–Crippen LogP) is 6.63. The van der Waals surface area contributed by atoms with Gasteiger partial charge in [-0.05, 0) is 63.4 Å². The van der Waals surface area contributed by atoms with Crippen LogP contribution in [0.2, 0.25) is 0 Å². The lowest BCUT2D eigenvalue weighted by Gasteiger charge is -2.34. The van der Waals surface area contributed by atoms with Crippen LogP contribution >= 0.6 is 0 Å². The van der Waals surface area contributed by atoms with Gasteiger partial charge in [0.25, 0.3) is 6.08 Å². The number of ether oxygens (including phenoxy) is 1. The lowest BCUT2D eigenvalue weighted by molar-refractivity contribution is -0.137. The van der Waals surface area contributed by atoms with Crippen LogP contribution in [0.3, 0.4) is 0 Å². The molecule has 0 spiro atoms. The third kappa shape index (κ3) is 6.10. The number of nitrogens with one attached hydrogen (secondary N) is 2. The van der Waals surface area contributed by atoms with Crippen LogP contribution < -0.4 is 15.0 Å². The molecule has 7 rings (SSSR count). The summed E-state index contributed by atoms with van der Waals surface area (Å²) in [7, 11) is 0. The highest BCUT2D eigenvalue weighted by Gasteiger charge is 2.45. The first kappa shape index (κ1) is 32.9. The summed E-state index contributed by atoms with van der Waals surface area (Å²) in [5, 5.41) is 9.72. The van der Waals surface area contributed by atoms with E-state index in [0.717, 1.165) is 44.8 Å². The molecule has 1 unspecified atom stereocenters. The largest absolute Gasteiger partial charge is 0.461 e. The van der Waals surface area contributed by atoms with Crippen LogP contribution in [0, 0.1) is 12.7 Å². The van der Waals surface area contributed by atoms with Crippen molar-refractivity contribution in [1.82, 2.24) is 35.4 Å². The predicted molar refractivity (Wildman–Crippen MR) is 166 cm³/mol. The minimum absolute atomic E-state index is 0.0519. The Hall–Kier alpha value is -3.98. The molecular formula is C32H36F6N8O. The van der Waals surface area contributed by atoms with Gasteiger partial charge in [-0.3, -0.25) is 15.0 Å². The summed E-state index contributed by atoms with van der Waals surface area (Å²) in [4.78, 5) is 17.3. The molecule has 9 nitrogen and oxygen atoms in total. The highest BCUT2D eigenvalue weighted by Crippen LogP contribution is 2.45. The number of aryl methyl sites for hydroxylation is 1. The standard InChI is InChI=1S/C30H30F6N8O.C2H6/c1-16-10-20-18(13-39-42-20)22(23(16)30(34,35)36)26-24(33)25-19(12-38-26)27(43-9-6-37-17(14-43)11-21(31)32)41-28(40-25)45-15-29-4-2-7-44(29)8-3-5-29;1-2/h10-13,17,37H,2-9,14-15H2,1H3,(H,39,42);1-2H3. The molecule has 252 valence electrons. The molecule has 15 heteroatoms. The Labute approximate surface area is 267 Å². The zero-order chi connectivity index (χ0) is 33.5. The van der Waals surface area contributed by atoms with Gasteiger partial charge in [-0.15, -0.1) is 0 Å². The number of halogens is 6. The van der Waals surface area contributed by atoms with Crippen LogP contribution in [-0.2, 0) is 6.18 Å². The van der Waals surface area contributed by atoms with E-state index in [2.05, 4.69) is 35.4 Å². The van der Waals surface area contributed by atoms with Crippen molar-refractivity contribution in [3.05, 3.63) is 47.6 Å². The zero-order valence-electron chi connectivity index (χ0n) is 26.3. The maximum Gasteiger partial charge on any atom is 0.417 e. The number of pyridine rings is 1. The molecule has 4 aromatic rings. The van der Waals surface area contributed by atoms with Crippen molar-refractivity contribution in [3.8, 4) is 17.3 Å². The molecule has 1 atom stereocenters. The van der Waals surface area contributed by atoms with Gasteiger partial charge in [0.1, 0.15) is 23.6 Å². The lowest BCUT2D eigenvalue weighted by atomic mass is 9.94. The number of rotatable bonds is 6. The van der Waals surface area contributed by atoms with Crippen LogP contribution in [0.1, 0.15) is 50.7 Å². The van der Waals surface area contributed by atoms with E-state index in [1.54, 1.807) is 4.90 Å². The van der Waals surface area contributed by atoms with Crippen molar-refractivity contribution in [2.75, 3.05) is 44.2 Å². The molecule has 2 N–H and O–H groups in total. The van der Waals surface area contributed by atoms with Gasteiger partial charge in [0, 0.05) is 42.8 Å². The number of anilines is 1. The molecule has 3 aliphatic rings. The molecule has 3 fully saturated rings. The van der Waals surface area contributed by atoms with Crippen LogP contribution in [0.25, 0.3) is 33.1 Å². The summed E-state index contributed by atoms with van der Waals surface area (Å²) in [6.07, 6.45) is 0.498. The molecule has 1 aromatic carbocycles. The van der Waals surface area contributed by atoms with Crippen LogP contribution in [-0.4, -0.2) is 81.0 Å². The summed E-state index contributed by atoms with van der Waals surface area (Å²) >= 11 is 0. The quantitative estimate of drug-likeness (QED) is 0.223. The third-order valence-corrected chi connectivity index (χ3v) is 9.22. The number of H-pyrrole nitrogens is 1. The number of piperazine rings is 1. The van der Waals surface area contributed by atoms with Gasteiger partial charge >= 0.3 is 12.2 Å². The summed E-state index contributed by atoms with van der Waals surface area (Å²) in [6.45, 7) is 8.23. The number of hydrogen-bond donors (Lipinski definition) is 2. The van der Waals surface area contributed by atoms with Crippen molar-refractivity contribution in [2.24, 2.45) is 0 Å². The Kier molecular flexibility index (Phi) is 9.04. The smallest absolute Gasteiger partial charge is 0.417 e. The molecule has 0 radical (unpaired) electrons. The first-order valence-corrected chi connectivity index (χ1v) is 15.8. The van der Waals surface area contributed by atoms with Gasteiger partial charge in [0.05, 0.1) is 28.2 Å². The van der Waals surface area contributed by atoms with Gasteiger partial charge in [-0.1, -0.05) is 13.8 Å². The number of aromatic nitrogens is 5. The van der Waals surface area contributed by atoms with E-state index in [1.807, 2.05) is 13.8 Å². The molecular weight excluding hydrogens is 626 g/mol. The summed E-state index contributed by atoms with van der Waals surface area (Å²) in [5.41, 5.74) is -2.32.